The van der Waals surface area contributed by atoms with Crippen molar-refractivity contribution in [3.8, 4) is 0 Å². The SMILES string of the molecule is CC(=Cc1c(Cl)nc2sccn12)CNC1CC1. The molecule has 1 fully saturated rings. The first-order valence-corrected chi connectivity index (χ1v) is 7.01. The predicted octanol–water partition coefficient (Wildman–Crippen LogP) is 3.20. The largest absolute Gasteiger partial charge is 0.310 e. The number of nitrogens with zero attached hydrogens (tertiary/aromatic N) is 2. The first kappa shape index (κ1) is 11.3. The number of halogens is 1. The highest BCUT2D eigenvalue weighted by Crippen LogP contribution is 2.24. The van der Waals surface area contributed by atoms with Gasteiger partial charge in [-0.3, -0.25) is 4.40 Å². The molecule has 2 aromatic rings. The summed E-state index contributed by atoms with van der Waals surface area (Å²) in [4.78, 5) is 5.26. The molecule has 0 amide bonds. The Kier molecular flexibility index (Phi) is 2.94. The van der Waals surface area contributed by atoms with Gasteiger partial charge in [-0.2, -0.15) is 0 Å². The number of aromatic nitrogens is 2. The molecule has 0 saturated heterocycles. The third-order valence-electron chi connectivity index (χ3n) is 2.88. The van der Waals surface area contributed by atoms with Crippen molar-refractivity contribution in [2.75, 3.05) is 6.54 Å². The number of rotatable bonds is 4. The molecule has 0 radical (unpaired) electrons. The zero-order valence-electron chi connectivity index (χ0n) is 9.61. The standard InChI is InChI=1S/C12H14ClN3S/c1-8(7-14-9-2-3-9)6-10-11(13)15-12-16(10)4-5-17-12/h4-6,9,14H,2-3,7H2,1H3. The molecule has 2 heterocycles. The molecule has 90 valence electrons. The first-order chi connectivity index (χ1) is 8.24. The fourth-order valence-corrected chi connectivity index (χ4v) is 2.78. The Balaban J connectivity index is 1.83. The number of fused-ring (bicyclic) bond motifs is 1. The molecule has 5 heteroatoms. The summed E-state index contributed by atoms with van der Waals surface area (Å²) in [6.45, 7) is 3.05. The van der Waals surface area contributed by atoms with Crippen LogP contribution in [0.1, 0.15) is 25.5 Å². The van der Waals surface area contributed by atoms with E-state index in [0.717, 1.165) is 23.2 Å². The molecule has 17 heavy (non-hydrogen) atoms. The van der Waals surface area contributed by atoms with Gasteiger partial charge in [-0.05, 0) is 25.8 Å². The van der Waals surface area contributed by atoms with Gasteiger partial charge >= 0.3 is 0 Å². The number of nitrogens with one attached hydrogen (secondary N) is 1. The van der Waals surface area contributed by atoms with Crippen molar-refractivity contribution in [2.24, 2.45) is 0 Å². The number of hydrogen-bond acceptors (Lipinski definition) is 3. The average molecular weight is 268 g/mol. The second-order valence-electron chi connectivity index (χ2n) is 4.49. The summed E-state index contributed by atoms with van der Waals surface area (Å²) in [7, 11) is 0. The van der Waals surface area contributed by atoms with E-state index in [0.29, 0.717) is 5.15 Å². The van der Waals surface area contributed by atoms with Gasteiger partial charge in [0.2, 0.25) is 0 Å². The van der Waals surface area contributed by atoms with Crippen molar-refractivity contribution in [1.29, 1.82) is 0 Å². The highest BCUT2D eigenvalue weighted by atomic mass is 35.5. The van der Waals surface area contributed by atoms with Crippen molar-refractivity contribution in [2.45, 2.75) is 25.8 Å². The monoisotopic (exact) mass is 267 g/mol. The number of thiazole rings is 1. The number of hydrogen-bond donors (Lipinski definition) is 1. The normalized spacial score (nSPS) is 16.9. The number of imidazole rings is 1. The molecule has 1 saturated carbocycles. The Bertz CT molecular complexity index is 565. The van der Waals surface area contributed by atoms with Crippen LogP contribution in [0.25, 0.3) is 11.0 Å². The Morgan fingerprint density at radius 2 is 2.53 bits per heavy atom. The minimum absolute atomic E-state index is 0.586. The van der Waals surface area contributed by atoms with E-state index in [1.54, 1.807) is 11.3 Å². The first-order valence-electron chi connectivity index (χ1n) is 5.75. The van der Waals surface area contributed by atoms with Gasteiger partial charge in [0.15, 0.2) is 10.1 Å². The van der Waals surface area contributed by atoms with E-state index in [-0.39, 0.29) is 0 Å². The fourth-order valence-electron chi connectivity index (χ4n) is 1.78. The molecule has 2 aromatic heterocycles. The third kappa shape index (κ3) is 2.39. The Morgan fingerprint density at radius 1 is 1.71 bits per heavy atom. The molecule has 1 N–H and O–H groups in total. The molecule has 0 spiro atoms. The predicted molar refractivity (Wildman–Crippen MR) is 72.8 cm³/mol. The summed E-state index contributed by atoms with van der Waals surface area (Å²) in [6.07, 6.45) is 6.75. The van der Waals surface area contributed by atoms with Crippen LogP contribution in [0, 0.1) is 0 Å². The minimum Gasteiger partial charge on any atom is -0.310 e. The lowest BCUT2D eigenvalue weighted by Crippen LogP contribution is -2.18. The molecule has 3 nitrogen and oxygen atoms in total. The Hall–Kier alpha value is -0.840. The van der Waals surface area contributed by atoms with Gasteiger partial charge in [-0.15, -0.1) is 11.3 Å². The van der Waals surface area contributed by atoms with E-state index < -0.39 is 0 Å². The molecule has 0 aromatic carbocycles. The minimum atomic E-state index is 0.586. The fraction of sp³-hybridized carbons (Fsp3) is 0.417. The van der Waals surface area contributed by atoms with E-state index >= 15 is 0 Å². The van der Waals surface area contributed by atoms with Crippen LogP contribution in [0.3, 0.4) is 0 Å². The second kappa shape index (κ2) is 4.44. The Morgan fingerprint density at radius 3 is 3.29 bits per heavy atom. The molecule has 0 unspecified atom stereocenters. The zero-order chi connectivity index (χ0) is 11.8. The lowest BCUT2D eigenvalue weighted by atomic mass is 10.2. The van der Waals surface area contributed by atoms with Gasteiger partial charge in [0.1, 0.15) is 0 Å². The summed E-state index contributed by atoms with van der Waals surface area (Å²) in [5.41, 5.74) is 2.27. The van der Waals surface area contributed by atoms with Crippen LogP contribution in [-0.2, 0) is 0 Å². The smallest absolute Gasteiger partial charge is 0.195 e. The molecular weight excluding hydrogens is 254 g/mol. The van der Waals surface area contributed by atoms with Crippen LogP contribution in [0.5, 0.6) is 0 Å². The van der Waals surface area contributed by atoms with Crippen molar-refractivity contribution in [3.05, 3.63) is 28.0 Å². The molecule has 0 atom stereocenters. The molecule has 0 bridgehead atoms. The Labute approximate surface area is 109 Å². The van der Waals surface area contributed by atoms with Crippen LogP contribution >= 0.6 is 22.9 Å². The van der Waals surface area contributed by atoms with Crippen LogP contribution in [-0.4, -0.2) is 22.0 Å². The molecule has 0 aliphatic heterocycles. The average Bonchev–Trinajstić information content (AvgIpc) is 2.95. The summed E-state index contributed by atoms with van der Waals surface area (Å²) in [5, 5.41) is 6.10. The van der Waals surface area contributed by atoms with Crippen molar-refractivity contribution < 1.29 is 0 Å². The van der Waals surface area contributed by atoms with E-state index in [4.69, 9.17) is 11.6 Å². The van der Waals surface area contributed by atoms with E-state index in [1.165, 1.54) is 18.4 Å². The van der Waals surface area contributed by atoms with E-state index in [2.05, 4.69) is 23.3 Å². The van der Waals surface area contributed by atoms with Gasteiger partial charge in [-0.25, -0.2) is 4.98 Å². The zero-order valence-corrected chi connectivity index (χ0v) is 11.2. The third-order valence-corrected chi connectivity index (χ3v) is 3.92. The van der Waals surface area contributed by atoms with E-state index in [9.17, 15) is 0 Å². The van der Waals surface area contributed by atoms with Gasteiger partial charge in [0.25, 0.3) is 0 Å². The second-order valence-corrected chi connectivity index (χ2v) is 5.72. The van der Waals surface area contributed by atoms with Crippen LogP contribution in [0.15, 0.2) is 17.2 Å². The highest BCUT2D eigenvalue weighted by molar-refractivity contribution is 7.15. The van der Waals surface area contributed by atoms with E-state index in [1.807, 2.05) is 16.0 Å². The quantitative estimate of drug-likeness (QED) is 0.922. The molecule has 1 aliphatic carbocycles. The van der Waals surface area contributed by atoms with Gasteiger partial charge in [0, 0.05) is 24.2 Å². The van der Waals surface area contributed by atoms with Gasteiger partial charge in [0.05, 0.1) is 5.69 Å². The van der Waals surface area contributed by atoms with Crippen LogP contribution < -0.4 is 5.32 Å². The van der Waals surface area contributed by atoms with Crippen molar-refractivity contribution in [1.82, 2.24) is 14.7 Å². The summed E-state index contributed by atoms with van der Waals surface area (Å²) in [6, 6.07) is 0.737. The topological polar surface area (TPSA) is 29.3 Å². The van der Waals surface area contributed by atoms with Crippen molar-refractivity contribution >= 4 is 34.0 Å². The summed E-state index contributed by atoms with van der Waals surface area (Å²) >= 11 is 7.74. The maximum atomic E-state index is 6.14. The van der Waals surface area contributed by atoms with Crippen LogP contribution in [0.2, 0.25) is 5.15 Å². The summed E-state index contributed by atoms with van der Waals surface area (Å²) < 4.78 is 2.04. The highest BCUT2D eigenvalue weighted by Gasteiger charge is 2.19. The maximum absolute atomic E-state index is 6.14. The summed E-state index contributed by atoms with van der Waals surface area (Å²) in [5.74, 6) is 0. The molecule has 3 rings (SSSR count). The lowest BCUT2D eigenvalue weighted by Gasteiger charge is -2.02. The van der Waals surface area contributed by atoms with Gasteiger partial charge < -0.3 is 5.32 Å². The lowest BCUT2D eigenvalue weighted by molar-refractivity contribution is 0.735. The van der Waals surface area contributed by atoms with Gasteiger partial charge in [-0.1, -0.05) is 17.2 Å². The maximum Gasteiger partial charge on any atom is 0.195 e. The molecule has 1 aliphatic rings. The van der Waals surface area contributed by atoms with Crippen LogP contribution in [0.4, 0.5) is 0 Å². The van der Waals surface area contributed by atoms with Crippen molar-refractivity contribution in [3.63, 3.8) is 0 Å². The molecular formula is C12H14ClN3S.